The average Bonchev–Trinajstić information content (AvgIpc) is 3.17. The van der Waals surface area contributed by atoms with E-state index in [0.29, 0.717) is 11.4 Å². The van der Waals surface area contributed by atoms with Gasteiger partial charge in [0.2, 0.25) is 0 Å². The first kappa shape index (κ1) is 16.9. The zero-order chi connectivity index (χ0) is 15.1. The van der Waals surface area contributed by atoms with Crippen LogP contribution in [-0.2, 0) is 32.6 Å². The predicted octanol–water partition coefficient (Wildman–Crippen LogP) is 4.68. The molecule has 2 rings (SSSR count). The van der Waals surface area contributed by atoms with Gasteiger partial charge in [0.15, 0.2) is 0 Å². The molecule has 2 nitrogen and oxygen atoms in total. The maximum atomic E-state index is 12.7. The van der Waals surface area contributed by atoms with Crippen molar-refractivity contribution in [2.45, 2.75) is 45.0 Å². The number of carbonyl (C=O) groups excluding carboxylic acids is 1. The fourth-order valence-corrected chi connectivity index (χ4v) is 10.4. The molecular weight excluding hydrogens is 335 g/mol. The molecular formula is C18H26NOY. The fraction of sp³-hybridized carbons (Fsp3) is 0.500. The molecule has 0 aromatic carbocycles. The summed E-state index contributed by atoms with van der Waals surface area (Å²) in [6, 6.07) is 0. The van der Waals surface area contributed by atoms with Crippen LogP contribution in [0, 0.1) is 5.92 Å². The zero-order valence-corrected chi connectivity index (χ0v) is 16.0. The molecule has 0 saturated carbocycles. The van der Waals surface area contributed by atoms with Crippen molar-refractivity contribution in [3.05, 3.63) is 48.6 Å². The van der Waals surface area contributed by atoms with Crippen molar-refractivity contribution < 1.29 is 32.6 Å². The number of carbonyl (C=O) groups is 1. The van der Waals surface area contributed by atoms with Gasteiger partial charge in [-0.05, 0) is 0 Å². The Morgan fingerprint density at radius 3 is 1.76 bits per heavy atom. The molecule has 2 aliphatic carbocycles. The van der Waals surface area contributed by atoms with Gasteiger partial charge in [0.25, 0.3) is 0 Å². The molecule has 0 aromatic heterocycles. The van der Waals surface area contributed by atoms with Crippen LogP contribution >= 0.6 is 0 Å². The third kappa shape index (κ3) is 4.76. The van der Waals surface area contributed by atoms with Crippen LogP contribution in [0.15, 0.2) is 48.6 Å². The second kappa shape index (κ2) is 8.85. The number of amides is 1. The predicted molar refractivity (Wildman–Crippen MR) is 85.5 cm³/mol. The Morgan fingerprint density at radius 2 is 1.38 bits per heavy atom. The van der Waals surface area contributed by atoms with Crippen molar-refractivity contribution in [1.82, 2.24) is 2.45 Å². The Balaban J connectivity index is 2.04. The Bertz CT molecular complexity index is 406. The standard InChI is InChI=1S/C8H17NO.2C5H5.Y/c1-3-5-7(6-4-2)8(9)10;2*1-2-4-5-3-1;/h7H,3-6H2,1-2H3,(H2,9,10);2*1-5H;/q;;;+1/p-1. The van der Waals surface area contributed by atoms with Gasteiger partial charge in [-0.3, -0.25) is 0 Å². The first-order valence-corrected chi connectivity index (χ1v) is 13.0. The van der Waals surface area contributed by atoms with Crippen LogP contribution in [0.1, 0.15) is 39.5 Å². The van der Waals surface area contributed by atoms with Gasteiger partial charge in [-0.2, -0.15) is 0 Å². The first-order valence-electron chi connectivity index (χ1n) is 8.26. The number of hydrogen-bond donors (Lipinski definition) is 1. The molecule has 0 unspecified atom stereocenters. The monoisotopic (exact) mass is 361 g/mol. The van der Waals surface area contributed by atoms with Gasteiger partial charge in [-0.1, -0.05) is 0 Å². The van der Waals surface area contributed by atoms with Crippen molar-refractivity contribution in [3.63, 3.8) is 0 Å². The van der Waals surface area contributed by atoms with Gasteiger partial charge in [0.1, 0.15) is 0 Å². The molecule has 0 aromatic rings. The van der Waals surface area contributed by atoms with E-state index in [4.69, 9.17) is 0 Å². The fourth-order valence-electron chi connectivity index (χ4n) is 3.21. The van der Waals surface area contributed by atoms with Gasteiger partial charge in [0, 0.05) is 0 Å². The summed E-state index contributed by atoms with van der Waals surface area (Å²) >= 11 is -2.26. The van der Waals surface area contributed by atoms with E-state index in [-0.39, 0.29) is 5.92 Å². The number of allylic oxidation sites excluding steroid dienone is 8. The summed E-state index contributed by atoms with van der Waals surface area (Å²) in [5.41, 5.74) is 0. The van der Waals surface area contributed by atoms with Crippen molar-refractivity contribution in [2.24, 2.45) is 5.92 Å². The Hall–Kier alpha value is -0.466. The molecule has 0 fully saturated rings. The van der Waals surface area contributed by atoms with E-state index in [0.717, 1.165) is 25.7 Å². The molecule has 0 heterocycles. The van der Waals surface area contributed by atoms with Crippen LogP contribution in [0.4, 0.5) is 0 Å². The van der Waals surface area contributed by atoms with Gasteiger partial charge in [-0.25, -0.2) is 0 Å². The molecule has 21 heavy (non-hydrogen) atoms. The van der Waals surface area contributed by atoms with E-state index >= 15 is 0 Å². The summed E-state index contributed by atoms with van der Waals surface area (Å²) in [5.74, 6) is 0.532. The van der Waals surface area contributed by atoms with Crippen LogP contribution in [0.5, 0.6) is 0 Å². The second-order valence-corrected chi connectivity index (χ2v) is 13.1. The van der Waals surface area contributed by atoms with Crippen LogP contribution in [0.25, 0.3) is 0 Å². The van der Waals surface area contributed by atoms with E-state index in [1.54, 1.807) is 0 Å². The van der Waals surface area contributed by atoms with Crippen LogP contribution in [0.2, 0.25) is 5.46 Å². The molecule has 1 amide bonds. The summed E-state index contributed by atoms with van der Waals surface area (Å²) in [7, 11) is 0. The second-order valence-electron chi connectivity index (χ2n) is 6.00. The van der Waals surface area contributed by atoms with Gasteiger partial charge < -0.3 is 0 Å². The van der Waals surface area contributed by atoms with E-state index in [9.17, 15) is 4.79 Å². The normalized spacial score (nSPS) is 17.3. The van der Waals surface area contributed by atoms with Crippen molar-refractivity contribution in [1.29, 1.82) is 0 Å². The topological polar surface area (TPSA) is 29.1 Å². The molecule has 0 atom stereocenters. The molecule has 1 N–H and O–H groups in total. The van der Waals surface area contributed by atoms with Crippen molar-refractivity contribution in [3.8, 4) is 0 Å². The molecule has 2 aliphatic rings. The van der Waals surface area contributed by atoms with Gasteiger partial charge in [-0.15, -0.1) is 0 Å². The van der Waals surface area contributed by atoms with E-state index in [1.807, 2.05) is 0 Å². The van der Waals surface area contributed by atoms with E-state index < -0.39 is 27.8 Å². The molecule has 0 radical (unpaired) electrons. The van der Waals surface area contributed by atoms with Crippen LogP contribution in [0.3, 0.4) is 0 Å². The summed E-state index contributed by atoms with van der Waals surface area (Å²) in [6.07, 6.45) is 21.8. The molecule has 0 saturated heterocycles. The minimum absolute atomic E-state index is 0.211. The van der Waals surface area contributed by atoms with E-state index in [2.05, 4.69) is 64.9 Å². The number of nitrogens with one attached hydrogen (secondary N) is 1. The van der Waals surface area contributed by atoms with E-state index in [1.165, 1.54) is 0 Å². The number of rotatable bonds is 8. The third-order valence-electron chi connectivity index (χ3n) is 4.34. The number of hydrogen-bond acceptors (Lipinski definition) is 1. The van der Waals surface area contributed by atoms with Crippen LogP contribution in [-0.4, -0.2) is 5.91 Å². The Labute approximate surface area is 139 Å². The van der Waals surface area contributed by atoms with Crippen molar-refractivity contribution in [2.75, 3.05) is 0 Å². The quantitative estimate of drug-likeness (QED) is 0.668. The third-order valence-corrected chi connectivity index (χ3v) is 12.1. The Kier molecular flexibility index (Phi) is 7.12. The SMILES string of the molecule is CCCC(CCC)C(=O)[NH][Y]([CH]1C=CC=C1)[CH]1C=CC=C1. The van der Waals surface area contributed by atoms with Gasteiger partial charge >= 0.3 is 140 Å². The molecule has 0 spiro atoms. The molecule has 0 aliphatic heterocycles. The summed E-state index contributed by atoms with van der Waals surface area (Å²) in [4.78, 5) is 12.7. The molecule has 112 valence electrons. The Morgan fingerprint density at radius 1 is 0.952 bits per heavy atom. The summed E-state index contributed by atoms with van der Waals surface area (Å²) < 4.78 is 4.56. The summed E-state index contributed by atoms with van der Waals surface area (Å²) in [6.45, 7) is 4.34. The average molecular weight is 361 g/mol. The maximum absolute atomic E-state index is 12.7. The van der Waals surface area contributed by atoms with Crippen molar-refractivity contribution >= 4 is 5.91 Å². The first-order chi connectivity index (χ1) is 10.3. The molecule has 3 heteroatoms. The summed E-state index contributed by atoms with van der Waals surface area (Å²) in [5, 5.41) is 0. The minimum atomic E-state index is -2.26. The van der Waals surface area contributed by atoms with Gasteiger partial charge in [0.05, 0.1) is 0 Å². The molecule has 0 bridgehead atoms. The van der Waals surface area contributed by atoms with Crippen LogP contribution < -0.4 is 2.45 Å². The zero-order valence-electron chi connectivity index (χ0n) is 13.2.